The predicted molar refractivity (Wildman–Crippen MR) is 142 cm³/mol. The normalized spacial score (nSPS) is 17.9. The summed E-state index contributed by atoms with van der Waals surface area (Å²) < 4.78 is 5.14. The molecule has 0 saturated carbocycles. The molecule has 0 saturated heterocycles. The van der Waals surface area contributed by atoms with Crippen LogP contribution in [0.2, 0.25) is 0 Å². The van der Waals surface area contributed by atoms with Gasteiger partial charge in [-0.15, -0.1) is 11.3 Å². The first-order valence-corrected chi connectivity index (χ1v) is 12.1. The largest absolute Gasteiger partial charge is 0.318 e. The molecule has 5 aromatic rings. The quantitative estimate of drug-likeness (QED) is 0.241. The topological polar surface area (TPSA) is 6.25 Å². The second kappa shape index (κ2) is 6.31. The molecule has 33 heavy (non-hydrogen) atoms. The number of fused-ring (bicyclic) bond motifs is 8. The van der Waals surface area contributed by atoms with Crippen molar-refractivity contribution in [3.05, 3.63) is 115 Å². The first kappa shape index (κ1) is 17.6. The van der Waals surface area contributed by atoms with Gasteiger partial charge in [-0.25, -0.2) is 0 Å². The summed E-state index contributed by atoms with van der Waals surface area (Å²) in [6.45, 7) is 0. The molecule has 0 bridgehead atoms. The number of hydrogen-bond acceptors (Lipinski definition) is 2. The minimum absolute atomic E-state index is 0.183. The molecule has 0 spiro atoms. The van der Waals surface area contributed by atoms with Crippen molar-refractivity contribution in [2.24, 2.45) is 0 Å². The molecule has 8 rings (SSSR count). The number of anilines is 2. The molecule has 0 fully saturated rings. The van der Waals surface area contributed by atoms with E-state index in [1.165, 1.54) is 59.8 Å². The molecule has 154 valence electrons. The van der Waals surface area contributed by atoms with Gasteiger partial charge in [0.2, 0.25) is 17.1 Å². The van der Waals surface area contributed by atoms with Crippen molar-refractivity contribution in [3.63, 3.8) is 0 Å². The van der Waals surface area contributed by atoms with E-state index >= 15 is 0 Å². The molecule has 2 aliphatic heterocycles. The van der Waals surface area contributed by atoms with Crippen LogP contribution in [0.1, 0.15) is 5.56 Å². The molecule has 1 aromatic heterocycles. The van der Waals surface area contributed by atoms with Crippen LogP contribution in [0.25, 0.3) is 25.7 Å². The van der Waals surface area contributed by atoms with E-state index in [4.69, 9.17) is 0 Å². The Morgan fingerprint density at radius 3 is 2.48 bits per heavy atom. The number of benzene rings is 4. The Morgan fingerprint density at radius 2 is 1.55 bits per heavy atom. The van der Waals surface area contributed by atoms with Crippen LogP contribution in [-0.2, 0) is 0 Å². The van der Waals surface area contributed by atoms with E-state index in [1.807, 2.05) is 11.3 Å². The zero-order valence-corrected chi connectivity index (χ0v) is 18.6. The van der Waals surface area contributed by atoms with Gasteiger partial charge in [0.25, 0.3) is 0 Å². The summed E-state index contributed by atoms with van der Waals surface area (Å²) >= 11 is 1.89. The number of allylic oxidation sites excluding steroid dienone is 2. The molecule has 0 amide bonds. The van der Waals surface area contributed by atoms with E-state index in [9.17, 15) is 0 Å². The van der Waals surface area contributed by atoms with Gasteiger partial charge in [0.15, 0.2) is 0 Å². The first-order valence-electron chi connectivity index (χ1n) is 11.3. The minimum atomic E-state index is 0.183. The third kappa shape index (κ3) is 2.25. The number of rotatable bonds is 1. The first-order chi connectivity index (χ1) is 16.4. The summed E-state index contributed by atoms with van der Waals surface area (Å²) in [5, 5.41) is 2.71. The molecule has 1 unspecified atom stereocenters. The average molecular weight is 440 g/mol. The fraction of sp³-hybridized carbons (Fsp3) is 0.0333. The van der Waals surface area contributed by atoms with Crippen molar-refractivity contribution in [1.82, 2.24) is 4.58 Å². The third-order valence-electron chi connectivity index (χ3n) is 7.10. The van der Waals surface area contributed by atoms with Gasteiger partial charge >= 0.3 is 0 Å². The monoisotopic (exact) mass is 439 g/mol. The summed E-state index contributed by atoms with van der Waals surface area (Å²) in [6.07, 6.45) is 6.81. The highest BCUT2D eigenvalue weighted by Crippen LogP contribution is 2.54. The van der Waals surface area contributed by atoms with Gasteiger partial charge in [-0.05, 0) is 29.8 Å². The fourth-order valence-corrected chi connectivity index (χ4v) is 6.88. The zero-order chi connectivity index (χ0) is 21.5. The second-order valence-corrected chi connectivity index (χ2v) is 9.89. The van der Waals surface area contributed by atoms with Crippen molar-refractivity contribution in [3.8, 4) is 0 Å². The SMILES string of the molecule is C1=CC2=[N+](c3ccccc3)c3ccccc3N3c4cc5sc6ccccc6c5cc4C(=C1)C23. The van der Waals surface area contributed by atoms with Crippen molar-refractivity contribution in [2.45, 2.75) is 6.04 Å². The minimum Gasteiger partial charge on any atom is -0.318 e. The van der Waals surface area contributed by atoms with Crippen LogP contribution in [0.3, 0.4) is 0 Å². The zero-order valence-electron chi connectivity index (χ0n) is 17.8. The summed E-state index contributed by atoms with van der Waals surface area (Å²) in [4.78, 5) is 2.55. The Kier molecular flexibility index (Phi) is 3.36. The Labute approximate surface area is 195 Å². The van der Waals surface area contributed by atoms with Crippen LogP contribution in [0.15, 0.2) is 109 Å². The predicted octanol–water partition coefficient (Wildman–Crippen LogP) is 7.82. The maximum absolute atomic E-state index is 2.55. The van der Waals surface area contributed by atoms with Gasteiger partial charge in [-0.3, -0.25) is 0 Å². The molecule has 1 aliphatic carbocycles. The van der Waals surface area contributed by atoms with E-state index < -0.39 is 0 Å². The smallest absolute Gasteiger partial charge is 0.235 e. The van der Waals surface area contributed by atoms with Crippen molar-refractivity contribution in [1.29, 1.82) is 0 Å². The molecular formula is C30H19N2S+. The highest BCUT2D eigenvalue weighted by molar-refractivity contribution is 7.25. The van der Waals surface area contributed by atoms with Crippen molar-refractivity contribution >= 4 is 65.5 Å². The lowest BCUT2D eigenvalue weighted by Gasteiger charge is -2.32. The maximum atomic E-state index is 2.55. The van der Waals surface area contributed by atoms with Crippen molar-refractivity contribution < 1.29 is 0 Å². The molecule has 3 aliphatic rings. The molecule has 3 heterocycles. The molecule has 2 nitrogen and oxygen atoms in total. The van der Waals surface area contributed by atoms with Gasteiger partial charge in [0, 0.05) is 50.0 Å². The van der Waals surface area contributed by atoms with Gasteiger partial charge < -0.3 is 4.90 Å². The Hall–Kier alpha value is -3.95. The van der Waals surface area contributed by atoms with Crippen LogP contribution < -0.4 is 9.48 Å². The lowest BCUT2D eigenvalue weighted by molar-refractivity contribution is 0.932. The second-order valence-electron chi connectivity index (χ2n) is 8.80. The van der Waals surface area contributed by atoms with Gasteiger partial charge in [0.05, 0.1) is 5.69 Å². The Balaban J connectivity index is 1.47. The molecule has 0 N–H and O–H groups in total. The van der Waals surface area contributed by atoms with Crippen LogP contribution in [0, 0.1) is 0 Å². The average Bonchev–Trinajstić information content (AvgIpc) is 3.40. The summed E-state index contributed by atoms with van der Waals surface area (Å²) in [5.74, 6) is 0. The third-order valence-corrected chi connectivity index (χ3v) is 8.23. The summed E-state index contributed by atoms with van der Waals surface area (Å²) in [5.41, 5.74) is 9.04. The van der Waals surface area contributed by atoms with Crippen LogP contribution in [-0.4, -0.2) is 11.8 Å². The molecule has 3 heteroatoms. The standard InChI is InChI=1S/C30H19N2S/c1-2-9-19(10-3-1)31-24-13-5-6-14-25(24)32-27-18-29-23(20-11-4-7-16-28(20)33-29)17-22(27)21-12-8-15-26(31)30(21)32/h1-18,30H/q+1. The number of hydrogen-bond donors (Lipinski definition) is 0. The number of thiophene rings is 1. The fourth-order valence-electron chi connectivity index (χ4n) is 5.76. The lowest BCUT2D eigenvalue weighted by atomic mass is 9.91. The summed E-state index contributed by atoms with van der Waals surface area (Å²) in [6, 6.07) is 33.3. The van der Waals surface area contributed by atoms with E-state index in [0.717, 1.165) is 0 Å². The van der Waals surface area contributed by atoms with Crippen LogP contribution >= 0.6 is 11.3 Å². The highest BCUT2D eigenvalue weighted by atomic mass is 32.1. The van der Waals surface area contributed by atoms with Gasteiger partial charge in [-0.1, -0.05) is 60.7 Å². The molecule has 4 aromatic carbocycles. The molecular weight excluding hydrogens is 420 g/mol. The van der Waals surface area contributed by atoms with Gasteiger partial charge in [0.1, 0.15) is 11.7 Å². The molecule has 0 radical (unpaired) electrons. The number of nitrogens with zero attached hydrogens (tertiary/aromatic N) is 2. The molecule has 1 atom stereocenters. The van der Waals surface area contributed by atoms with E-state index in [0.29, 0.717) is 0 Å². The Morgan fingerprint density at radius 1 is 0.727 bits per heavy atom. The van der Waals surface area contributed by atoms with E-state index in [1.54, 1.807) is 0 Å². The van der Waals surface area contributed by atoms with E-state index in [2.05, 4.69) is 119 Å². The summed E-state index contributed by atoms with van der Waals surface area (Å²) in [7, 11) is 0. The van der Waals surface area contributed by atoms with E-state index in [-0.39, 0.29) is 6.04 Å². The van der Waals surface area contributed by atoms with Crippen LogP contribution in [0.4, 0.5) is 22.7 Å². The lowest BCUT2D eigenvalue weighted by Crippen LogP contribution is -2.43. The highest BCUT2D eigenvalue weighted by Gasteiger charge is 2.48. The van der Waals surface area contributed by atoms with Crippen molar-refractivity contribution in [2.75, 3.05) is 4.90 Å². The van der Waals surface area contributed by atoms with Gasteiger partial charge in [-0.2, -0.15) is 4.58 Å². The maximum Gasteiger partial charge on any atom is 0.235 e. The number of para-hydroxylation sites is 3. The Bertz CT molecular complexity index is 1720. The van der Waals surface area contributed by atoms with Crippen LogP contribution in [0.5, 0.6) is 0 Å².